The van der Waals surface area contributed by atoms with Crippen molar-refractivity contribution in [2.24, 2.45) is 0 Å². The van der Waals surface area contributed by atoms with Gasteiger partial charge in [-0.05, 0) is 24.0 Å². The summed E-state index contributed by atoms with van der Waals surface area (Å²) in [6.45, 7) is 3.89. The van der Waals surface area contributed by atoms with Crippen LogP contribution in [0, 0.1) is 0 Å². The molecule has 0 saturated heterocycles. The van der Waals surface area contributed by atoms with Gasteiger partial charge in [0.2, 0.25) is 0 Å². The Kier molecular flexibility index (Phi) is 4.75. The summed E-state index contributed by atoms with van der Waals surface area (Å²) in [5, 5.41) is 12.0. The minimum absolute atomic E-state index is 0.0232. The Morgan fingerprint density at radius 2 is 1.76 bits per heavy atom. The van der Waals surface area contributed by atoms with Crippen molar-refractivity contribution in [1.82, 2.24) is 4.90 Å². The second-order valence-corrected chi connectivity index (χ2v) is 4.86. The zero-order valence-corrected chi connectivity index (χ0v) is 12.3. The van der Waals surface area contributed by atoms with Crippen LogP contribution in [0.1, 0.15) is 25.0 Å². The van der Waals surface area contributed by atoms with Crippen LogP contribution < -0.4 is 5.32 Å². The van der Waals surface area contributed by atoms with Crippen LogP contribution in [0.3, 0.4) is 0 Å². The van der Waals surface area contributed by atoms with E-state index in [2.05, 4.69) is 5.32 Å². The fourth-order valence-electron chi connectivity index (χ4n) is 2.45. The Labute approximate surface area is 124 Å². The van der Waals surface area contributed by atoms with E-state index in [4.69, 9.17) is 5.11 Å². The van der Waals surface area contributed by atoms with E-state index in [0.717, 1.165) is 34.6 Å². The van der Waals surface area contributed by atoms with Crippen LogP contribution in [0.2, 0.25) is 0 Å². The first-order valence-corrected chi connectivity index (χ1v) is 7.18. The van der Waals surface area contributed by atoms with Crippen LogP contribution in [0.15, 0.2) is 30.0 Å². The lowest BCUT2D eigenvalue weighted by Gasteiger charge is -2.17. The Balaban J connectivity index is 2.29. The lowest BCUT2D eigenvalue weighted by Crippen LogP contribution is -2.34. The number of rotatable bonds is 6. The SMILES string of the molecule is CCc1cccc(CC)c1NC1=CC(=O)N(CCO)C1=O. The van der Waals surface area contributed by atoms with Crippen molar-refractivity contribution in [2.45, 2.75) is 26.7 Å². The van der Waals surface area contributed by atoms with Gasteiger partial charge < -0.3 is 10.4 Å². The summed E-state index contributed by atoms with van der Waals surface area (Å²) < 4.78 is 0. The molecule has 0 bridgehead atoms. The quantitative estimate of drug-likeness (QED) is 0.778. The Morgan fingerprint density at radius 1 is 1.14 bits per heavy atom. The van der Waals surface area contributed by atoms with Gasteiger partial charge in [0, 0.05) is 11.8 Å². The molecule has 0 fully saturated rings. The summed E-state index contributed by atoms with van der Waals surface area (Å²) in [4.78, 5) is 25.0. The predicted octanol–water partition coefficient (Wildman–Crippen LogP) is 1.47. The van der Waals surface area contributed by atoms with Crippen LogP contribution in [-0.4, -0.2) is 35.0 Å². The molecule has 0 atom stereocenters. The molecule has 0 saturated carbocycles. The van der Waals surface area contributed by atoms with Gasteiger partial charge >= 0.3 is 0 Å². The molecule has 0 spiro atoms. The second kappa shape index (κ2) is 6.54. The average molecular weight is 288 g/mol. The molecule has 5 nitrogen and oxygen atoms in total. The van der Waals surface area contributed by atoms with Crippen molar-refractivity contribution < 1.29 is 14.7 Å². The molecule has 0 aromatic heterocycles. The number of nitrogens with zero attached hydrogens (tertiary/aromatic N) is 1. The van der Waals surface area contributed by atoms with Crippen LogP contribution in [0.5, 0.6) is 0 Å². The monoisotopic (exact) mass is 288 g/mol. The predicted molar refractivity (Wildman–Crippen MR) is 80.7 cm³/mol. The molecule has 0 aliphatic carbocycles. The number of nitrogens with one attached hydrogen (secondary N) is 1. The number of para-hydroxylation sites is 1. The lowest BCUT2D eigenvalue weighted by molar-refractivity contribution is -0.137. The van der Waals surface area contributed by atoms with Gasteiger partial charge in [-0.15, -0.1) is 0 Å². The average Bonchev–Trinajstić information content (AvgIpc) is 2.75. The molecule has 21 heavy (non-hydrogen) atoms. The number of amides is 2. The first-order valence-electron chi connectivity index (χ1n) is 7.18. The molecular formula is C16H20N2O3. The molecule has 112 valence electrons. The molecule has 1 aliphatic rings. The smallest absolute Gasteiger partial charge is 0.277 e. The second-order valence-electron chi connectivity index (χ2n) is 4.86. The number of aliphatic hydroxyl groups is 1. The Morgan fingerprint density at radius 3 is 2.29 bits per heavy atom. The van der Waals surface area contributed by atoms with E-state index < -0.39 is 0 Å². The standard InChI is InChI=1S/C16H20N2O3/c1-3-11-6-5-7-12(4-2)15(11)17-13-10-14(20)18(8-9-19)16(13)21/h5-7,10,17,19H,3-4,8-9H2,1-2H3. The minimum Gasteiger partial charge on any atom is -0.395 e. The molecule has 2 N–H and O–H groups in total. The third-order valence-corrected chi connectivity index (χ3v) is 3.59. The number of carbonyl (C=O) groups is 2. The van der Waals surface area contributed by atoms with Gasteiger partial charge in [0.1, 0.15) is 5.70 Å². The summed E-state index contributed by atoms with van der Waals surface area (Å²) in [5.74, 6) is -0.773. The largest absolute Gasteiger partial charge is 0.395 e. The van der Waals surface area contributed by atoms with E-state index in [9.17, 15) is 9.59 Å². The van der Waals surface area contributed by atoms with Crippen molar-refractivity contribution in [2.75, 3.05) is 18.5 Å². The van der Waals surface area contributed by atoms with E-state index in [-0.39, 0.29) is 30.7 Å². The van der Waals surface area contributed by atoms with Gasteiger partial charge in [-0.25, -0.2) is 0 Å². The molecule has 0 radical (unpaired) electrons. The number of carbonyl (C=O) groups excluding carboxylic acids is 2. The van der Waals surface area contributed by atoms with Crippen molar-refractivity contribution >= 4 is 17.5 Å². The van der Waals surface area contributed by atoms with E-state index in [1.54, 1.807) is 0 Å². The summed E-state index contributed by atoms with van der Waals surface area (Å²) in [6, 6.07) is 6.01. The minimum atomic E-state index is -0.387. The topological polar surface area (TPSA) is 69.6 Å². The number of aryl methyl sites for hydroxylation is 2. The molecule has 5 heteroatoms. The highest BCUT2D eigenvalue weighted by Crippen LogP contribution is 2.26. The molecule has 2 amide bonds. The fourth-order valence-corrected chi connectivity index (χ4v) is 2.45. The van der Waals surface area contributed by atoms with Gasteiger partial charge in [-0.2, -0.15) is 0 Å². The summed E-state index contributed by atoms with van der Waals surface area (Å²) in [7, 11) is 0. The van der Waals surface area contributed by atoms with Gasteiger partial charge in [-0.3, -0.25) is 14.5 Å². The molecular weight excluding hydrogens is 268 g/mol. The number of imide groups is 1. The number of aliphatic hydroxyl groups excluding tert-OH is 1. The number of hydrogen-bond donors (Lipinski definition) is 2. The van der Waals surface area contributed by atoms with Gasteiger partial charge in [-0.1, -0.05) is 32.0 Å². The zero-order valence-electron chi connectivity index (χ0n) is 12.3. The highest BCUT2D eigenvalue weighted by Gasteiger charge is 2.31. The maximum Gasteiger partial charge on any atom is 0.277 e. The van der Waals surface area contributed by atoms with Gasteiger partial charge in [0.05, 0.1) is 13.2 Å². The van der Waals surface area contributed by atoms with E-state index >= 15 is 0 Å². The zero-order chi connectivity index (χ0) is 15.4. The van der Waals surface area contributed by atoms with Crippen molar-refractivity contribution in [3.63, 3.8) is 0 Å². The Bertz CT molecular complexity index is 571. The lowest BCUT2D eigenvalue weighted by atomic mass is 10.0. The van der Waals surface area contributed by atoms with Crippen molar-refractivity contribution in [3.05, 3.63) is 41.1 Å². The molecule has 2 rings (SSSR count). The fraction of sp³-hybridized carbons (Fsp3) is 0.375. The van der Waals surface area contributed by atoms with Gasteiger partial charge in [0.25, 0.3) is 11.8 Å². The number of benzene rings is 1. The Hall–Kier alpha value is -2.14. The summed E-state index contributed by atoms with van der Waals surface area (Å²) in [6.07, 6.45) is 2.97. The molecule has 1 heterocycles. The van der Waals surface area contributed by atoms with E-state index in [1.807, 2.05) is 32.0 Å². The van der Waals surface area contributed by atoms with Crippen molar-refractivity contribution in [1.29, 1.82) is 0 Å². The molecule has 1 aromatic rings. The van der Waals surface area contributed by atoms with Crippen LogP contribution in [-0.2, 0) is 22.4 Å². The van der Waals surface area contributed by atoms with Gasteiger partial charge in [0.15, 0.2) is 0 Å². The first kappa shape index (κ1) is 15.3. The third kappa shape index (κ3) is 2.97. The number of β-amino-alcohol motifs (C(OH)–C–C–N with tert-alkyl or cyclic N) is 1. The normalized spacial score (nSPS) is 14.6. The maximum atomic E-state index is 12.2. The van der Waals surface area contributed by atoms with Crippen LogP contribution >= 0.6 is 0 Å². The molecule has 0 unspecified atom stereocenters. The molecule has 1 aliphatic heterocycles. The van der Waals surface area contributed by atoms with E-state index in [0.29, 0.717) is 0 Å². The third-order valence-electron chi connectivity index (χ3n) is 3.59. The number of anilines is 1. The number of hydrogen-bond acceptors (Lipinski definition) is 4. The van der Waals surface area contributed by atoms with Crippen LogP contribution in [0.25, 0.3) is 0 Å². The van der Waals surface area contributed by atoms with Crippen molar-refractivity contribution in [3.8, 4) is 0 Å². The maximum absolute atomic E-state index is 12.2. The van der Waals surface area contributed by atoms with E-state index in [1.165, 1.54) is 6.08 Å². The molecule has 1 aromatic carbocycles. The highest BCUT2D eigenvalue weighted by molar-refractivity contribution is 6.17. The highest BCUT2D eigenvalue weighted by atomic mass is 16.3. The summed E-state index contributed by atoms with van der Waals surface area (Å²) in [5.41, 5.74) is 3.39. The summed E-state index contributed by atoms with van der Waals surface area (Å²) >= 11 is 0. The first-order chi connectivity index (χ1) is 10.1. The van der Waals surface area contributed by atoms with Crippen LogP contribution in [0.4, 0.5) is 5.69 Å².